The van der Waals surface area contributed by atoms with Crippen LogP contribution in [0, 0.1) is 12.3 Å². The van der Waals surface area contributed by atoms with Crippen molar-refractivity contribution in [3.63, 3.8) is 0 Å². The zero-order valence-corrected chi connectivity index (χ0v) is 8.12. The van der Waals surface area contributed by atoms with Gasteiger partial charge in [-0.25, -0.2) is 0 Å². The van der Waals surface area contributed by atoms with Gasteiger partial charge in [-0.3, -0.25) is 5.32 Å². The molecule has 1 nitrogen and oxygen atoms in total. The average molecular weight is 173 g/mol. The Bertz CT molecular complexity index is 284. The standard InChI is InChI=1S/C12H15N/c1-4-10(2)13-11(3)12-8-6-5-7-9-12/h1,5-11,13H,2-3H3/t10-,11-/m1/s1. The SMILES string of the molecule is C#C[C@@H](C)N[C@H](C)c1ccccc1. The van der Waals surface area contributed by atoms with Crippen molar-refractivity contribution in [1.29, 1.82) is 0 Å². The Labute approximate surface area is 80.2 Å². The first kappa shape index (κ1) is 9.83. The molecule has 0 radical (unpaired) electrons. The molecule has 1 aromatic rings. The molecule has 0 saturated carbocycles. The van der Waals surface area contributed by atoms with Crippen LogP contribution >= 0.6 is 0 Å². The molecule has 0 aliphatic carbocycles. The van der Waals surface area contributed by atoms with Crippen LogP contribution in [-0.4, -0.2) is 6.04 Å². The van der Waals surface area contributed by atoms with Crippen molar-refractivity contribution in [2.45, 2.75) is 25.9 Å². The van der Waals surface area contributed by atoms with Gasteiger partial charge in [-0.15, -0.1) is 6.42 Å². The number of nitrogens with one attached hydrogen (secondary N) is 1. The number of rotatable bonds is 3. The van der Waals surface area contributed by atoms with Gasteiger partial charge in [0.2, 0.25) is 0 Å². The van der Waals surface area contributed by atoms with Crippen molar-refractivity contribution in [2.24, 2.45) is 0 Å². The van der Waals surface area contributed by atoms with Gasteiger partial charge in [-0.05, 0) is 19.4 Å². The molecule has 0 aromatic heterocycles. The minimum atomic E-state index is 0.121. The average Bonchev–Trinajstić information content (AvgIpc) is 2.19. The summed E-state index contributed by atoms with van der Waals surface area (Å²) in [4.78, 5) is 0. The predicted molar refractivity (Wildman–Crippen MR) is 56.3 cm³/mol. The molecule has 0 amide bonds. The fraction of sp³-hybridized carbons (Fsp3) is 0.333. The minimum Gasteiger partial charge on any atom is -0.297 e. The van der Waals surface area contributed by atoms with E-state index in [1.807, 2.05) is 25.1 Å². The van der Waals surface area contributed by atoms with Gasteiger partial charge in [0.1, 0.15) is 0 Å². The molecule has 0 aliphatic heterocycles. The van der Waals surface area contributed by atoms with Gasteiger partial charge in [0.25, 0.3) is 0 Å². The van der Waals surface area contributed by atoms with Gasteiger partial charge < -0.3 is 0 Å². The zero-order chi connectivity index (χ0) is 9.68. The van der Waals surface area contributed by atoms with E-state index in [0.717, 1.165) is 0 Å². The molecule has 0 bridgehead atoms. The van der Waals surface area contributed by atoms with E-state index >= 15 is 0 Å². The summed E-state index contributed by atoms with van der Waals surface area (Å²) >= 11 is 0. The maximum atomic E-state index is 5.29. The van der Waals surface area contributed by atoms with Gasteiger partial charge in [0, 0.05) is 6.04 Å². The molecule has 0 heterocycles. The second-order valence-corrected chi connectivity index (χ2v) is 3.19. The Balaban J connectivity index is 2.60. The van der Waals surface area contributed by atoms with E-state index in [9.17, 15) is 0 Å². The largest absolute Gasteiger partial charge is 0.297 e. The molecule has 1 N–H and O–H groups in total. The summed E-state index contributed by atoms with van der Waals surface area (Å²) in [5.41, 5.74) is 1.27. The summed E-state index contributed by atoms with van der Waals surface area (Å²) in [6, 6.07) is 10.7. The van der Waals surface area contributed by atoms with Gasteiger partial charge in [-0.2, -0.15) is 0 Å². The highest BCUT2D eigenvalue weighted by molar-refractivity contribution is 5.18. The lowest BCUT2D eigenvalue weighted by Crippen LogP contribution is -2.27. The van der Waals surface area contributed by atoms with Crippen molar-refractivity contribution in [3.05, 3.63) is 35.9 Å². The van der Waals surface area contributed by atoms with Crippen molar-refractivity contribution < 1.29 is 0 Å². The molecule has 68 valence electrons. The Hall–Kier alpha value is -1.26. The van der Waals surface area contributed by atoms with Gasteiger partial charge in [-0.1, -0.05) is 36.3 Å². The summed E-state index contributed by atoms with van der Waals surface area (Å²) in [6.07, 6.45) is 5.29. The quantitative estimate of drug-likeness (QED) is 0.692. The van der Waals surface area contributed by atoms with Crippen molar-refractivity contribution in [2.75, 3.05) is 0 Å². The lowest BCUT2D eigenvalue weighted by atomic mass is 10.1. The molecule has 13 heavy (non-hydrogen) atoms. The van der Waals surface area contributed by atoms with E-state index in [1.54, 1.807) is 0 Å². The van der Waals surface area contributed by atoms with Crippen LogP contribution in [0.2, 0.25) is 0 Å². The Morgan fingerprint density at radius 3 is 2.38 bits per heavy atom. The highest BCUT2D eigenvalue weighted by Gasteiger charge is 2.05. The number of hydrogen-bond acceptors (Lipinski definition) is 1. The van der Waals surface area contributed by atoms with Gasteiger partial charge in [0.15, 0.2) is 0 Å². The fourth-order valence-corrected chi connectivity index (χ4v) is 1.26. The van der Waals surface area contributed by atoms with Crippen LogP contribution in [0.1, 0.15) is 25.5 Å². The summed E-state index contributed by atoms with van der Waals surface area (Å²) in [5, 5.41) is 3.31. The normalized spacial score (nSPS) is 14.5. The maximum absolute atomic E-state index is 5.29. The lowest BCUT2D eigenvalue weighted by molar-refractivity contribution is 0.546. The summed E-state index contributed by atoms with van der Waals surface area (Å²) in [7, 11) is 0. The third kappa shape index (κ3) is 2.93. The Morgan fingerprint density at radius 2 is 1.85 bits per heavy atom. The predicted octanol–water partition coefficient (Wildman–Crippen LogP) is 2.36. The van der Waals surface area contributed by atoms with Crippen LogP contribution in [0.5, 0.6) is 0 Å². The van der Waals surface area contributed by atoms with Gasteiger partial charge in [0.05, 0.1) is 6.04 Å². The van der Waals surface area contributed by atoms with E-state index in [2.05, 4.69) is 30.3 Å². The van der Waals surface area contributed by atoms with Crippen LogP contribution in [0.15, 0.2) is 30.3 Å². The molecule has 0 saturated heterocycles. The monoisotopic (exact) mass is 173 g/mol. The molecule has 0 unspecified atom stereocenters. The van der Waals surface area contributed by atoms with E-state index in [0.29, 0.717) is 6.04 Å². The van der Waals surface area contributed by atoms with Crippen molar-refractivity contribution in [3.8, 4) is 12.3 Å². The molecule has 1 heteroatoms. The van der Waals surface area contributed by atoms with E-state index in [4.69, 9.17) is 6.42 Å². The van der Waals surface area contributed by atoms with Crippen molar-refractivity contribution >= 4 is 0 Å². The van der Waals surface area contributed by atoms with Crippen LogP contribution in [0.25, 0.3) is 0 Å². The molecule has 1 rings (SSSR count). The second-order valence-electron chi connectivity index (χ2n) is 3.19. The molecule has 1 aromatic carbocycles. The van der Waals surface area contributed by atoms with E-state index < -0.39 is 0 Å². The number of benzene rings is 1. The van der Waals surface area contributed by atoms with Crippen molar-refractivity contribution in [1.82, 2.24) is 5.32 Å². The highest BCUT2D eigenvalue weighted by atomic mass is 14.9. The van der Waals surface area contributed by atoms with Crippen LogP contribution in [0.4, 0.5) is 0 Å². The molecule has 2 atom stereocenters. The van der Waals surface area contributed by atoms with Gasteiger partial charge >= 0.3 is 0 Å². The van der Waals surface area contributed by atoms with E-state index in [-0.39, 0.29) is 6.04 Å². The molecule has 0 spiro atoms. The van der Waals surface area contributed by atoms with Crippen LogP contribution in [0.3, 0.4) is 0 Å². The highest BCUT2D eigenvalue weighted by Crippen LogP contribution is 2.11. The minimum absolute atomic E-state index is 0.121. The third-order valence-corrected chi connectivity index (χ3v) is 2.05. The van der Waals surface area contributed by atoms with Crippen LogP contribution < -0.4 is 5.32 Å². The van der Waals surface area contributed by atoms with Crippen LogP contribution in [-0.2, 0) is 0 Å². The van der Waals surface area contributed by atoms with E-state index in [1.165, 1.54) is 5.56 Å². The first-order valence-corrected chi connectivity index (χ1v) is 4.51. The number of terminal acetylenes is 1. The summed E-state index contributed by atoms with van der Waals surface area (Å²) < 4.78 is 0. The fourth-order valence-electron chi connectivity index (χ4n) is 1.26. The Kier molecular flexibility index (Phi) is 3.54. The number of hydrogen-bond donors (Lipinski definition) is 1. The molecular weight excluding hydrogens is 158 g/mol. The molecular formula is C12H15N. The zero-order valence-electron chi connectivity index (χ0n) is 8.12. The summed E-state index contributed by atoms with van der Waals surface area (Å²) in [5.74, 6) is 2.65. The topological polar surface area (TPSA) is 12.0 Å². The molecule has 0 aliphatic rings. The summed E-state index contributed by atoms with van der Waals surface area (Å²) in [6.45, 7) is 4.10. The second kappa shape index (κ2) is 4.69. The molecule has 0 fully saturated rings. The Morgan fingerprint density at radius 1 is 1.23 bits per heavy atom. The lowest BCUT2D eigenvalue weighted by Gasteiger charge is -2.16. The first-order valence-electron chi connectivity index (χ1n) is 4.51. The maximum Gasteiger partial charge on any atom is 0.0662 e. The smallest absolute Gasteiger partial charge is 0.0662 e. The third-order valence-electron chi connectivity index (χ3n) is 2.05. The first-order chi connectivity index (χ1) is 6.24.